The van der Waals surface area contributed by atoms with Crippen molar-refractivity contribution in [1.82, 2.24) is 9.88 Å². The van der Waals surface area contributed by atoms with E-state index in [0.29, 0.717) is 24.7 Å². The topological polar surface area (TPSA) is 61.0 Å². The molecule has 4 heteroatoms. The SMILES string of the molecule is Cn1cc(CNCC(O)C2CC2)cc1C#N. The van der Waals surface area contributed by atoms with Crippen LogP contribution in [-0.4, -0.2) is 22.3 Å². The second-order valence-corrected chi connectivity index (χ2v) is 4.49. The molecular formula is C12H17N3O. The molecule has 16 heavy (non-hydrogen) atoms. The van der Waals surface area contributed by atoms with Gasteiger partial charge in [0.05, 0.1) is 6.10 Å². The van der Waals surface area contributed by atoms with Gasteiger partial charge in [-0.25, -0.2) is 0 Å². The maximum Gasteiger partial charge on any atom is 0.120 e. The standard InChI is InChI=1S/C12H17N3O/c1-15-8-9(4-11(15)5-13)6-14-7-12(16)10-2-3-10/h4,8,10,12,14,16H,2-3,6-7H2,1H3. The number of nitrogens with zero attached hydrogens (tertiary/aromatic N) is 2. The number of hydrogen-bond acceptors (Lipinski definition) is 3. The van der Waals surface area contributed by atoms with Gasteiger partial charge in [-0.1, -0.05) is 0 Å². The summed E-state index contributed by atoms with van der Waals surface area (Å²) in [4.78, 5) is 0. The van der Waals surface area contributed by atoms with E-state index in [9.17, 15) is 5.11 Å². The molecule has 0 aliphatic heterocycles. The quantitative estimate of drug-likeness (QED) is 0.768. The van der Waals surface area contributed by atoms with E-state index < -0.39 is 0 Å². The third kappa shape index (κ3) is 2.63. The molecule has 1 aromatic rings. The second kappa shape index (κ2) is 4.69. The third-order valence-corrected chi connectivity index (χ3v) is 3.02. The second-order valence-electron chi connectivity index (χ2n) is 4.49. The molecule has 2 N–H and O–H groups in total. The van der Waals surface area contributed by atoms with Gasteiger partial charge in [-0.05, 0) is 30.4 Å². The summed E-state index contributed by atoms with van der Waals surface area (Å²) in [5.41, 5.74) is 1.75. The van der Waals surface area contributed by atoms with Crippen molar-refractivity contribution in [2.24, 2.45) is 13.0 Å². The summed E-state index contributed by atoms with van der Waals surface area (Å²) in [5.74, 6) is 0.512. The van der Waals surface area contributed by atoms with Gasteiger partial charge in [0, 0.05) is 26.3 Å². The maximum absolute atomic E-state index is 9.65. The van der Waals surface area contributed by atoms with E-state index in [0.717, 1.165) is 18.4 Å². The van der Waals surface area contributed by atoms with E-state index in [4.69, 9.17) is 5.26 Å². The summed E-state index contributed by atoms with van der Waals surface area (Å²) in [7, 11) is 1.86. The van der Waals surface area contributed by atoms with Gasteiger partial charge in [0.25, 0.3) is 0 Å². The normalized spacial score (nSPS) is 17.1. The Bertz CT molecular complexity index is 401. The first-order chi connectivity index (χ1) is 7.70. The number of rotatable bonds is 5. The summed E-state index contributed by atoms with van der Waals surface area (Å²) in [5, 5.41) is 21.7. The average molecular weight is 219 g/mol. The third-order valence-electron chi connectivity index (χ3n) is 3.02. The smallest absolute Gasteiger partial charge is 0.120 e. The Morgan fingerprint density at radius 2 is 2.44 bits per heavy atom. The van der Waals surface area contributed by atoms with Gasteiger partial charge in [-0.15, -0.1) is 0 Å². The van der Waals surface area contributed by atoms with Crippen LogP contribution in [0.2, 0.25) is 0 Å². The Morgan fingerprint density at radius 3 is 3.00 bits per heavy atom. The Labute approximate surface area is 95.5 Å². The number of nitriles is 1. The van der Waals surface area contributed by atoms with Crippen molar-refractivity contribution in [2.75, 3.05) is 6.54 Å². The molecular weight excluding hydrogens is 202 g/mol. The minimum absolute atomic E-state index is 0.209. The molecule has 0 saturated heterocycles. The first-order valence-corrected chi connectivity index (χ1v) is 5.65. The number of aliphatic hydroxyl groups is 1. The van der Waals surface area contributed by atoms with Gasteiger partial charge < -0.3 is 15.0 Å². The first-order valence-electron chi connectivity index (χ1n) is 5.65. The van der Waals surface area contributed by atoms with Crippen LogP contribution < -0.4 is 5.32 Å². The fourth-order valence-electron chi connectivity index (χ4n) is 1.85. The monoisotopic (exact) mass is 219 g/mol. The van der Waals surface area contributed by atoms with E-state index in [1.54, 1.807) is 0 Å². The number of nitrogens with one attached hydrogen (secondary N) is 1. The lowest BCUT2D eigenvalue weighted by atomic mass is 10.2. The zero-order valence-corrected chi connectivity index (χ0v) is 9.48. The Balaban J connectivity index is 1.78. The van der Waals surface area contributed by atoms with Crippen LogP contribution >= 0.6 is 0 Å². The molecule has 0 amide bonds. The molecule has 4 nitrogen and oxygen atoms in total. The lowest BCUT2D eigenvalue weighted by molar-refractivity contribution is 0.148. The molecule has 1 saturated carbocycles. The summed E-state index contributed by atoms with van der Waals surface area (Å²) in [6.45, 7) is 1.35. The van der Waals surface area contributed by atoms with Crippen molar-refractivity contribution in [1.29, 1.82) is 5.26 Å². The average Bonchev–Trinajstić information content (AvgIpc) is 3.04. The molecule has 2 rings (SSSR count). The van der Waals surface area contributed by atoms with Gasteiger partial charge >= 0.3 is 0 Å². The number of hydrogen-bond donors (Lipinski definition) is 2. The number of aliphatic hydroxyl groups excluding tert-OH is 1. The van der Waals surface area contributed by atoms with Crippen molar-refractivity contribution < 1.29 is 5.11 Å². The molecule has 0 radical (unpaired) electrons. The molecule has 86 valence electrons. The highest BCUT2D eigenvalue weighted by Crippen LogP contribution is 2.32. The number of aromatic nitrogens is 1. The van der Waals surface area contributed by atoms with Crippen molar-refractivity contribution in [3.8, 4) is 6.07 Å². The van der Waals surface area contributed by atoms with E-state index in [1.165, 1.54) is 0 Å². The molecule has 1 aliphatic carbocycles. The molecule has 1 aliphatic rings. The molecule has 0 aromatic carbocycles. The summed E-state index contributed by atoms with van der Waals surface area (Å²) >= 11 is 0. The van der Waals surface area contributed by atoms with E-state index in [2.05, 4.69) is 11.4 Å². The van der Waals surface area contributed by atoms with Gasteiger partial charge in [-0.3, -0.25) is 0 Å². The predicted molar refractivity (Wildman–Crippen MR) is 60.6 cm³/mol. The largest absolute Gasteiger partial charge is 0.392 e. The Kier molecular flexibility index (Phi) is 3.28. The molecule has 1 fully saturated rings. The molecule has 1 atom stereocenters. The summed E-state index contributed by atoms with van der Waals surface area (Å²) in [6.07, 6.45) is 4.05. The fraction of sp³-hybridized carbons (Fsp3) is 0.583. The van der Waals surface area contributed by atoms with Gasteiger partial charge in [-0.2, -0.15) is 5.26 Å². The predicted octanol–water partition coefficient (Wildman–Crippen LogP) is 0.757. The van der Waals surface area contributed by atoms with Crippen LogP contribution in [0, 0.1) is 17.2 Å². The molecule has 1 aromatic heterocycles. The van der Waals surface area contributed by atoms with Crippen LogP contribution in [0.1, 0.15) is 24.1 Å². The van der Waals surface area contributed by atoms with E-state index in [1.807, 2.05) is 23.9 Å². The maximum atomic E-state index is 9.65. The Hall–Kier alpha value is -1.31. The zero-order valence-electron chi connectivity index (χ0n) is 9.48. The minimum Gasteiger partial charge on any atom is -0.392 e. The number of aryl methyl sites for hydroxylation is 1. The van der Waals surface area contributed by atoms with Crippen molar-refractivity contribution >= 4 is 0 Å². The highest BCUT2D eigenvalue weighted by atomic mass is 16.3. The zero-order chi connectivity index (χ0) is 11.5. The van der Waals surface area contributed by atoms with Gasteiger partial charge in [0.15, 0.2) is 0 Å². The van der Waals surface area contributed by atoms with E-state index >= 15 is 0 Å². The van der Waals surface area contributed by atoms with Crippen molar-refractivity contribution in [2.45, 2.75) is 25.5 Å². The lowest BCUT2D eigenvalue weighted by Gasteiger charge is -2.09. The molecule has 0 spiro atoms. The lowest BCUT2D eigenvalue weighted by Crippen LogP contribution is -2.27. The fourth-order valence-corrected chi connectivity index (χ4v) is 1.85. The Morgan fingerprint density at radius 1 is 1.69 bits per heavy atom. The summed E-state index contributed by atoms with van der Waals surface area (Å²) < 4.78 is 1.81. The minimum atomic E-state index is -0.209. The summed E-state index contributed by atoms with van der Waals surface area (Å²) in [6, 6.07) is 4.00. The van der Waals surface area contributed by atoms with Crippen LogP contribution in [0.25, 0.3) is 0 Å². The van der Waals surface area contributed by atoms with Crippen molar-refractivity contribution in [3.05, 3.63) is 23.5 Å². The van der Waals surface area contributed by atoms with Crippen LogP contribution in [0.4, 0.5) is 0 Å². The van der Waals surface area contributed by atoms with Gasteiger partial charge in [0.1, 0.15) is 11.8 Å². The molecule has 1 unspecified atom stereocenters. The van der Waals surface area contributed by atoms with Gasteiger partial charge in [0.2, 0.25) is 0 Å². The molecule has 1 heterocycles. The van der Waals surface area contributed by atoms with Crippen LogP contribution in [-0.2, 0) is 13.6 Å². The van der Waals surface area contributed by atoms with E-state index in [-0.39, 0.29) is 6.10 Å². The van der Waals surface area contributed by atoms with Crippen molar-refractivity contribution in [3.63, 3.8) is 0 Å². The first kappa shape index (κ1) is 11.2. The highest BCUT2D eigenvalue weighted by molar-refractivity contribution is 5.28. The van der Waals surface area contributed by atoms with Crippen LogP contribution in [0.5, 0.6) is 0 Å². The van der Waals surface area contributed by atoms with Crippen LogP contribution in [0.3, 0.4) is 0 Å². The molecule has 0 bridgehead atoms. The van der Waals surface area contributed by atoms with Crippen LogP contribution in [0.15, 0.2) is 12.3 Å². The highest BCUT2D eigenvalue weighted by Gasteiger charge is 2.29.